The molecule has 2 aromatic heterocycles. The highest BCUT2D eigenvalue weighted by atomic mass is 35.5. The van der Waals surface area contributed by atoms with Gasteiger partial charge < -0.3 is 10.0 Å². The summed E-state index contributed by atoms with van der Waals surface area (Å²) >= 11 is 7.98. The lowest BCUT2D eigenvalue weighted by molar-refractivity contribution is -0.126. The summed E-state index contributed by atoms with van der Waals surface area (Å²) in [6.07, 6.45) is 5.13. The van der Waals surface area contributed by atoms with E-state index in [2.05, 4.69) is 64.2 Å². The number of amides is 1. The molecule has 6 nitrogen and oxygen atoms in total. The number of likely N-dealkylation sites (tertiary alicyclic amines) is 1. The number of benzene rings is 1. The number of halogens is 1. The summed E-state index contributed by atoms with van der Waals surface area (Å²) in [5.74, 6) is 0.713. The molecule has 1 amide bonds. The van der Waals surface area contributed by atoms with Crippen molar-refractivity contribution < 1.29 is 9.90 Å². The first kappa shape index (κ1) is 28.4. The molecule has 204 valence electrons. The molecule has 3 aromatic rings. The van der Waals surface area contributed by atoms with Crippen molar-refractivity contribution in [3.8, 4) is 17.0 Å². The van der Waals surface area contributed by atoms with Gasteiger partial charge in [-0.25, -0.2) is 4.98 Å². The molecule has 0 aliphatic carbocycles. The molecule has 0 atom stereocenters. The van der Waals surface area contributed by atoms with Crippen LogP contribution in [0.4, 0.5) is 0 Å². The van der Waals surface area contributed by atoms with Gasteiger partial charge in [0.2, 0.25) is 5.91 Å². The zero-order valence-electron chi connectivity index (χ0n) is 23.7. The number of nitrogens with zero attached hydrogens (tertiary/aromatic N) is 4. The van der Waals surface area contributed by atoms with Crippen molar-refractivity contribution in [3.63, 3.8) is 0 Å². The first-order valence-corrected chi connectivity index (χ1v) is 14.4. The number of aromatic nitrogens is 3. The van der Waals surface area contributed by atoms with E-state index in [4.69, 9.17) is 16.6 Å². The second-order valence-corrected chi connectivity index (χ2v) is 13.6. The van der Waals surface area contributed by atoms with Crippen LogP contribution in [0.3, 0.4) is 0 Å². The molecule has 38 heavy (non-hydrogen) atoms. The normalized spacial score (nSPS) is 15.6. The molecule has 1 saturated heterocycles. The van der Waals surface area contributed by atoms with Gasteiger partial charge in [-0.15, -0.1) is 11.3 Å². The Hall–Kier alpha value is -2.64. The van der Waals surface area contributed by atoms with Gasteiger partial charge in [0.05, 0.1) is 16.4 Å². The molecule has 1 aromatic carbocycles. The predicted molar refractivity (Wildman–Crippen MR) is 157 cm³/mol. The number of thiazole rings is 1. The quantitative estimate of drug-likeness (QED) is 0.345. The van der Waals surface area contributed by atoms with Crippen molar-refractivity contribution in [1.82, 2.24) is 19.7 Å². The van der Waals surface area contributed by atoms with Crippen LogP contribution in [0.5, 0.6) is 5.75 Å². The minimum atomic E-state index is -0.187. The summed E-state index contributed by atoms with van der Waals surface area (Å²) in [6, 6.07) is 4.18. The van der Waals surface area contributed by atoms with E-state index in [1.54, 1.807) is 35.2 Å². The number of rotatable bonds is 4. The van der Waals surface area contributed by atoms with Gasteiger partial charge in [-0.3, -0.25) is 9.48 Å². The number of phenolic OH excluding ortho intramolecular Hbond substituents is 1. The molecule has 1 fully saturated rings. The van der Waals surface area contributed by atoms with Gasteiger partial charge in [0.1, 0.15) is 10.9 Å². The van der Waals surface area contributed by atoms with Crippen molar-refractivity contribution >= 4 is 34.9 Å². The molecular weight excluding hydrogens is 516 g/mol. The highest BCUT2D eigenvalue weighted by Gasteiger charge is 2.29. The third-order valence-corrected chi connectivity index (χ3v) is 8.74. The zero-order valence-corrected chi connectivity index (χ0v) is 25.3. The van der Waals surface area contributed by atoms with E-state index >= 15 is 0 Å². The maximum atomic E-state index is 12.8. The van der Waals surface area contributed by atoms with Crippen LogP contribution >= 0.6 is 22.9 Å². The Morgan fingerprint density at radius 3 is 2.18 bits per heavy atom. The van der Waals surface area contributed by atoms with E-state index in [0.29, 0.717) is 29.9 Å². The summed E-state index contributed by atoms with van der Waals surface area (Å²) in [6.45, 7) is 16.0. The first-order chi connectivity index (χ1) is 17.7. The minimum Gasteiger partial charge on any atom is -0.507 e. The van der Waals surface area contributed by atoms with Crippen LogP contribution in [0.1, 0.15) is 87.7 Å². The van der Waals surface area contributed by atoms with Gasteiger partial charge in [-0.05, 0) is 48.8 Å². The van der Waals surface area contributed by atoms with Gasteiger partial charge in [-0.2, -0.15) is 5.10 Å². The van der Waals surface area contributed by atoms with E-state index in [9.17, 15) is 9.90 Å². The summed E-state index contributed by atoms with van der Waals surface area (Å²) in [7, 11) is 1.79. The van der Waals surface area contributed by atoms with Crippen LogP contribution in [0.15, 0.2) is 23.6 Å². The number of carbonyl (C=O) groups is 1. The van der Waals surface area contributed by atoms with E-state index in [1.807, 2.05) is 11.8 Å². The molecule has 1 N–H and O–H groups in total. The molecule has 0 bridgehead atoms. The molecule has 1 aliphatic heterocycles. The summed E-state index contributed by atoms with van der Waals surface area (Å²) in [5, 5.41) is 19.1. The second kappa shape index (κ2) is 10.5. The minimum absolute atomic E-state index is 0.00360. The fourth-order valence-corrected chi connectivity index (χ4v) is 6.21. The SMILES string of the molecule is Cc1nn(C)c(Cl)c1C=CC(=O)N1CCC(c2nc(-c3cc(C(C)(C)C)c(O)c(C(C)(C)C)c3)cs2)CC1. The molecule has 8 heteroatoms. The third kappa shape index (κ3) is 5.84. The third-order valence-electron chi connectivity index (χ3n) is 7.29. The number of carbonyl (C=O) groups excluding carboxylic acids is 1. The Morgan fingerprint density at radius 2 is 1.68 bits per heavy atom. The molecule has 0 radical (unpaired) electrons. The Labute approximate surface area is 235 Å². The van der Waals surface area contributed by atoms with Crippen molar-refractivity contribution in [2.24, 2.45) is 7.05 Å². The van der Waals surface area contributed by atoms with Gasteiger partial charge in [-0.1, -0.05) is 53.1 Å². The maximum absolute atomic E-state index is 12.8. The molecule has 0 saturated carbocycles. The fourth-order valence-electron chi connectivity index (χ4n) is 4.98. The highest BCUT2D eigenvalue weighted by molar-refractivity contribution is 7.10. The van der Waals surface area contributed by atoms with Crippen molar-refractivity contribution in [3.05, 3.63) is 56.1 Å². The number of hydrogen-bond donors (Lipinski definition) is 1. The first-order valence-electron chi connectivity index (χ1n) is 13.2. The zero-order chi connectivity index (χ0) is 28.0. The Bertz CT molecular complexity index is 1330. The summed E-state index contributed by atoms with van der Waals surface area (Å²) < 4.78 is 1.61. The van der Waals surface area contributed by atoms with Crippen molar-refractivity contribution in [2.45, 2.75) is 78.1 Å². The number of piperidine rings is 1. The topological polar surface area (TPSA) is 71.2 Å². The number of aryl methyl sites for hydroxylation is 2. The molecular formula is C30H39ClN4O2S. The summed E-state index contributed by atoms with van der Waals surface area (Å²) in [5.41, 5.74) is 5.09. The van der Waals surface area contributed by atoms with E-state index < -0.39 is 0 Å². The Balaban J connectivity index is 1.48. The highest BCUT2D eigenvalue weighted by Crippen LogP contribution is 2.42. The monoisotopic (exact) mass is 554 g/mol. The van der Waals surface area contributed by atoms with E-state index in [0.717, 1.165) is 51.5 Å². The Kier molecular flexibility index (Phi) is 7.84. The molecule has 0 spiro atoms. The van der Waals surface area contributed by atoms with Crippen LogP contribution in [-0.2, 0) is 22.7 Å². The van der Waals surface area contributed by atoms with Gasteiger partial charge in [0.15, 0.2) is 0 Å². The lowest BCUT2D eigenvalue weighted by Crippen LogP contribution is -2.36. The summed E-state index contributed by atoms with van der Waals surface area (Å²) in [4.78, 5) is 19.8. The van der Waals surface area contributed by atoms with Crippen molar-refractivity contribution in [1.29, 1.82) is 0 Å². The molecule has 0 unspecified atom stereocenters. The fraction of sp³-hybridized carbons (Fsp3) is 0.500. The van der Waals surface area contributed by atoms with Gasteiger partial charge >= 0.3 is 0 Å². The van der Waals surface area contributed by atoms with E-state index in [-0.39, 0.29) is 16.7 Å². The standard InChI is InChI=1S/C30H39ClN4O2S/c1-18-21(27(31)34(8)33-18)9-10-25(36)35-13-11-19(12-14-35)28-32-24(17-38-28)20-15-22(29(2,3)4)26(37)23(16-20)30(5,6)7/h9-10,15-17,19,37H,11-14H2,1-8H3. The second-order valence-electron chi connectivity index (χ2n) is 12.3. The number of hydrogen-bond acceptors (Lipinski definition) is 5. The molecule has 3 heterocycles. The van der Waals surface area contributed by atoms with E-state index in [1.165, 1.54) is 0 Å². The van der Waals surface area contributed by atoms with Crippen LogP contribution in [-0.4, -0.2) is 43.8 Å². The van der Waals surface area contributed by atoms with Crippen LogP contribution in [0.2, 0.25) is 5.15 Å². The molecule has 1 aliphatic rings. The van der Waals surface area contributed by atoms with Gasteiger partial charge in [0.25, 0.3) is 0 Å². The lowest BCUT2D eigenvalue weighted by Gasteiger charge is -2.30. The van der Waals surface area contributed by atoms with Crippen LogP contribution in [0.25, 0.3) is 17.3 Å². The number of phenols is 1. The van der Waals surface area contributed by atoms with Crippen LogP contribution < -0.4 is 0 Å². The largest absolute Gasteiger partial charge is 0.507 e. The smallest absolute Gasteiger partial charge is 0.246 e. The number of aromatic hydroxyl groups is 1. The van der Waals surface area contributed by atoms with Gasteiger partial charge in [0, 0.05) is 59.8 Å². The molecule has 4 rings (SSSR count). The average molecular weight is 555 g/mol. The predicted octanol–water partition coefficient (Wildman–Crippen LogP) is 7.23. The van der Waals surface area contributed by atoms with Crippen LogP contribution in [0, 0.1) is 6.92 Å². The lowest BCUT2D eigenvalue weighted by atomic mass is 9.78. The maximum Gasteiger partial charge on any atom is 0.246 e. The average Bonchev–Trinajstić information content (AvgIpc) is 3.41. The Morgan fingerprint density at radius 1 is 1.11 bits per heavy atom. The van der Waals surface area contributed by atoms with Crippen molar-refractivity contribution in [2.75, 3.05) is 13.1 Å².